The van der Waals surface area contributed by atoms with Gasteiger partial charge in [-0.1, -0.05) is 0 Å². The van der Waals surface area contributed by atoms with Gasteiger partial charge < -0.3 is 5.73 Å². The number of thiazole rings is 1. The van der Waals surface area contributed by atoms with E-state index in [2.05, 4.69) is 4.98 Å². The SMILES string of the molecule is N[C@H]1CCc2nc(N3CC(CCl)CC3=O)sc2C1. The van der Waals surface area contributed by atoms with Gasteiger partial charge in [-0.3, -0.25) is 9.69 Å². The van der Waals surface area contributed by atoms with E-state index >= 15 is 0 Å². The van der Waals surface area contributed by atoms with E-state index < -0.39 is 0 Å². The summed E-state index contributed by atoms with van der Waals surface area (Å²) in [5.41, 5.74) is 7.10. The first kappa shape index (κ1) is 12.4. The Morgan fingerprint density at radius 3 is 3.06 bits per heavy atom. The van der Waals surface area contributed by atoms with Crippen molar-refractivity contribution in [3.8, 4) is 0 Å². The molecule has 2 N–H and O–H groups in total. The second-order valence-electron chi connectivity index (χ2n) is 5.10. The van der Waals surface area contributed by atoms with E-state index in [1.54, 1.807) is 16.2 Å². The Morgan fingerprint density at radius 1 is 1.50 bits per heavy atom. The van der Waals surface area contributed by atoms with E-state index in [9.17, 15) is 4.79 Å². The van der Waals surface area contributed by atoms with Crippen LogP contribution in [0.15, 0.2) is 0 Å². The predicted molar refractivity (Wildman–Crippen MR) is 73.3 cm³/mol. The quantitative estimate of drug-likeness (QED) is 0.839. The average Bonchev–Trinajstić information content (AvgIpc) is 2.91. The summed E-state index contributed by atoms with van der Waals surface area (Å²) < 4.78 is 0. The monoisotopic (exact) mass is 285 g/mol. The molecule has 1 unspecified atom stereocenters. The van der Waals surface area contributed by atoms with Crippen LogP contribution < -0.4 is 10.6 Å². The minimum atomic E-state index is 0.149. The molecule has 1 aliphatic carbocycles. The molecule has 4 nitrogen and oxygen atoms in total. The molecule has 18 heavy (non-hydrogen) atoms. The number of alkyl halides is 1. The Balaban J connectivity index is 1.83. The summed E-state index contributed by atoms with van der Waals surface area (Å²) in [6.07, 6.45) is 3.38. The number of anilines is 1. The fraction of sp³-hybridized carbons (Fsp3) is 0.667. The lowest BCUT2D eigenvalue weighted by Gasteiger charge is -2.15. The zero-order valence-electron chi connectivity index (χ0n) is 10.1. The van der Waals surface area contributed by atoms with Crippen molar-refractivity contribution in [1.82, 2.24) is 4.98 Å². The van der Waals surface area contributed by atoms with E-state index in [1.165, 1.54) is 4.88 Å². The van der Waals surface area contributed by atoms with Crippen molar-refractivity contribution < 1.29 is 4.79 Å². The van der Waals surface area contributed by atoms with Crippen LogP contribution in [0.25, 0.3) is 0 Å². The molecule has 2 atom stereocenters. The van der Waals surface area contributed by atoms with Crippen molar-refractivity contribution >= 4 is 34.0 Å². The molecule has 1 saturated heterocycles. The van der Waals surface area contributed by atoms with Crippen LogP contribution in [0.2, 0.25) is 0 Å². The molecule has 0 saturated carbocycles. The Labute approximate surface area is 115 Å². The third-order valence-corrected chi connectivity index (χ3v) is 5.20. The first-order chi connectivity index (χ1) is 8.67. The molecule has 2 heterocycles. The van der Waals surface area contributed by atoms with Crippen molar-refractivity contribution in [1.29, 1.82) is 0 Å². The normalized spacial score (nSPS) is 27.7. The third-order valence-electron chi connectivity index (χ3n) is 3.62. The number of fused-ring (bicyclic) bond motifs is 1. The summed E-state index contributed by atoms with van der Waals surface area (Å²) in [6, 6.07) is 0.246. The number of hydrogen-bond donors (Lipinski definition) is 1. The second kappa shape index (κ2) is 4.79. The minimum Gasteiger partial charge on any atom is -0.327 e. The lowest BCUT2D eigenvalue weighted by Crippen LogP contribution is -2.27. The topological polar surface area (TPSA) is 59.2 Å². The number of aryl methyl sites for hydroxylation is 1. The standard InChI is InChI=1S/C12H16ClN3OS/c13-5-7-3-11(17)16(6-7)12-15-9-2-1-8(14)4-10(9)18-12/h7-8H,1-6,14H2/t7?,8-/m0/s1. The van der Waals surface area contributed by atoms with Crippen LogP contribution in [0, 0.1) is 5.92 Å². The smallest absolute Gasteiger partial charge is 0.229 e. The number of nitrogens with zero attached hydrogens (tertiary/aromatic N) is 2. The highest BCUT2D eigenvalue weighted by Gasteiger charge is 2.33. The Kier molecular flexibility index (Phi) is 3.30. The highest BCUT2D eigenvalue weighted by Crippen LogP contribution is 2.34. The lowest BCUT2D eigenvalue weighted by molar-refractivity contribution is -0.117. The fourth-order valence-corrected chi connectivity index (χ4v) is 4.00. The molecule has 0 spiro atoms. The molecule has 3 rings (SSSR count). The minimum absolute atomic E-state index is 0.149. The molecule has 98 valence electrons. The van der Waals surface area contributed by atoms with Gasteiger partial charge in [0.1, 0.15) is 0 Å². The lowest BCUT2D eigenvalue weighted by atomic mass is 9.99. The van der Waals surface area contributed by atoms with Gasteiger partial charge in [-0.25, -0.2) is 4.98 Å². The van der Waals surface area contributed by atoms with Gasteiger partial charge in [0.2, 0.25) is 5.91 Å². The molecule has 1 amide bonds. The third kappa shape index (κ3) is 2.15. The molecule has 0 aromatic carbocycles. The van der Waals surface area contributed by atoms with Crippen LogP contribution in [0.5, 0.6) is 0 Å². The zero-order valence-corrected chi connectivity index (χ0v) is 11.6. The number of carbonyl (C=O) groups excluding carboxylic acids is 1. The van der Waals surface area contributed by atoms with Crippen molar-refractivity contribution in [2.24, 2.45) is 11.7 Å². The number of nitrogens with two attached hydrogens (primary N) is 1. The highest BCUT2D eigenvalue weighted by molar-refractivity contribution is 7.16. The molecule has 6 heteroatoms. The van der Waals surface area contributed by atoms with Gasteiger partial charge in [0.15, 0.2) is 5.13 Å². The summed E-state index contributed by atoms with van der Waals surface area (Å²) in [5.74, 6) is 0.955. The Hall–Kier alpha value is -0.650. The molecule has 1 aromatic heterocycles. The van der Waals surface area contributed by atoms with Crippen LogP contribution in [-0.2, 0) is 17.6 Å². The number of amides is 1. The van der Waals surface area contributed by atoms with Crippen molar-refractivity contribution in [3.05, 3.63) is 10.6 Å². The van der Waals surface area contributed by atoms with E-state index in [1.807, 2.05) is 0 Å². The molecule has 0 radical (unpaired) electrons. The second-order valence-corrected chi connectivity index (χ2v) is 6.47. The van der Waals surface area contributed by atoms with Crippen LogP contribution in [0.3, 0.4) is 0 Å². The summed E-state index contributed by atoms with van der Waals surface area (Å²) >= 11 is 7.46. The molecule has 1 aromatic rings. The van der Waals surface area contributed by atoms with Gasteiger partial charge in [-0.15, -0.1) is 22.9 Å². The van der Waals surface area contributed by atoms with Crippen LogP contribution in [-0.4, -0.2) is 29.4 Å². The molecular formula is C12H16ClN3OS. The van der Waals surface area contributed by atoms with Crippen molar-refractivity contribution in [3.63, 3.8) is 0 Å². The zero-order chi connectivity index (χ0) is 12.7. The molecule has 1 fully saturated rings. The van der Waals surface area contributed by atoms with E-state index in [0.29, 0.717) is 18.8 Å². The molecule has 2 aliphatic rings. The summed E-state index contributed by atoms with van der Waals surface area (Å²) in [5, 5.41) is 0.840. The largest absolute Gasteiger partial charge is 0.327 e. The van der Waals surface area contributed by atoms with Crippen LogP contribution >= 0.6 is 22.9 Å². The Morgan fingerprint density at radius 2 is 2.33 bits per heavy atom. The summed E-state index contributed by atoms with van der Waals surface area (Å²) in [4.78, 5) is 19.6. The number of hydrogen-bond acceptors (Lipinski definition) is 4. The highest BCUT2D eigenvalue weighted by atomic mass is 35.5. The van der Waals surface area contributed by atoms with Crippen LogP contribution in [0.1, 0.15) is 23.4 Å². The van der Waals surface area contributed by atoms with Gasteiger partial charge in [0.25, 0.3) is 0 Å². The number of aromatic nitrogens is 1. The first-order valence-corrected chi connectivity index (χ1v) is 7.63. The van der Waals surface area contributed by atoms with E-state index in [4.69, 9.17) is 17.3 Å². The maximum absolute atomic E-state index is 11.9. The Bertz CT molecular complexity index is 476. The number of carbonyl (C=O) groups is 1. The van der Waals surface area contributed by atoms with Gasteiger partial charge in [-0.05, 0) is 25.2 Å². The maximum atomic E-state index is 11.9. The first-order valence-electron chi connectivity index (χ1n) is 6.28. The predicted octanol–water partition coefficient (Wildman–Crippen LogP) is 1.55. The summed E-state index contributed by atoms with van der Waals surface area (Å²) in [6.45, 7) is 0.709. The summed E-state index contributed by atoms with van der Waals surface area (Å²) in [7, 11) is 0. The van der Waals surface area contributed by atoms with E-state index in [0.717, 1.165) is 30.1 Å². The van der Waals surface area contributed by atoms with Crippen molar-refractivity contribution in [2.75, 3.05) is 17.3 Å². The van der Waals surface area contributed by atoms with Gasteiger partial charge >= 0.3 is 0 Å². The molecule has 0 bridgehead atoms. The molecular weight excluding hydrogens is 270 g/mol. The average molecular weight is 286 g/mol. The fourth-order valence-electron chi connectivity index (χ4n) is 2.57. The maximum Gasteiger partial charge on any atom is 0.229 e. The number of halogens is 1. The van der Waals surface area contributed by atoms with Gasteiger partial charge in [-0.2, -0.15) is 0 Å². The van der Waals surface area contributed by atoms with E-state index in [-0.39, 0.29) is 17.9 Å². The van der Waals surface area contributed by atoms with Crippen LogP contribution in [0.4, 0.5) is 5.13 Å². The molecule has 1 aliphatic heterocycles. The van der Waals surface area contributed by atoms with Crippen molar-refractivity contribution in [2.45, 2.75) is 31.7 Å². The number of rotatable bonds is 2. The van der Waals surface area contributed by atoms with Gasteiger partial charge in [0, 0.05) is 29.8 Å². The van der Waals surface area contributed by atoms with Gasteiger partial charge in [0.05, 0.1) is 5.69 Å².